The van der Waals surface area contributed by atoms with Crippen molar-refractivity contribution >= 4 is 11.6 Å². The number of hydrogen-bond acceptors (Lipinski definition) is 3. The van der Waals surface area contributed by atoms with Crippen molar-refractivity contribution in [1.82, 2.24) is 9.78 Å². The summed E-state index contributed by atoms with van der Waals surface area (Å²) >= 11 is 6.02. The Morgan fingerprint density at radius 2 is 2.29 bits per heavy atom. The maximum atomic E-state index is 9.19. The van der Waals surface area contributed by atoms with Gasteiger partial charge in [-0.2, -0.15) is 5.10 Å². The standard InChI is InChI=1S/C12H13ClN2O2/c1-15-6-9(5-14-15)8-17-12-10(7-16)3-2-4-11(12)13/h2-6,16H,7-8H2,1H3. The van der Waals surface area contributed by atoms with Crippen LogP contribution in [-0.4, -0.2) is 14.9 Å². The van der Waals surface area contributed by atoms with Crippen LogP contribution in [0, 0.1) is 0 Å². The van der Waals surface area contributed by atoms with Crippen molar-refractivity contribution in [2.24, 2.45) is 7.05 Å². The summed E-state index contributed by atoms with van der Waals surface area (Å²) in [5.41, 5.74) is 1.64. The first-order chi connectivity index (χ1) is 8.20. The van der Waals surface area contributed by atoms with Crippen LogP contribution in [0.2, 0.25) is 5.02 Å². The van der Waals surface area contributed by atoms with Crippen LogP contribution in [0.15, 0.2) is 30.6 Å². The number of benzene rings is 1. The van der Waals surface area contributed by atoms with Crippen LogP contribution in [0.5, 0.6) is 5.75 Å². The Hall–Kier alpha value is -1.52. The summed E-state index contributed by atoms with van der Waals surface area (Å²) < 4.78 is 7.32. The number of halogens is 1. The largest absolute Gasteiger partial charge is 0.487 e. The molecule has 1 aromatic carbocycles. The van der Waals surface area contributed by atoms with E-state index in [-0.39, 0.29) is 6.61 Å². The highest BCUT2D eigenvalue weighted by Gasteiger charge is 2.08. The third kappa shape index (κ3) is 2.78. The number of ether oxygens (including phenoxy) is 1. The zero-order valence-electron chi connectivity index (χ0n) is 9.43. The highest BCUT2D eigenvalue weighted by atomic mass is 35.5. The molecule has 2 aromatic rings. The average Bonchev–Trinajstić information content (AvgIpc) is 2.73. The van der Waals surface area contributed by atoms with E-state index in [9.17, 15) is 5.11 Å². The molecule has 2 rings (SSSR count). The fourth-order valence-corrected chi connectivity index (χ4v) is 1.79. The molecule has 0 unspecified atom stereocenters. The van der Waals surface area contributed by atoms with E-state index in [2.05, 4.69) is 5.10 Å². The molecular formula is C12H13ClN2O2. The minimum atomic E-state index is -0.0943. The summed E-state index contributed by atoms with van der Waals surface area (Å²) in [6, 6.07) is 5.30. The first-order valence-corrected chi connectivity index (χ1v) is 5.57. The molecule has 0 saturated heterocycles. The van der Waals surface area contributed by atoms with Gasteiger partial charge < -0.3 is 9.84 Å². The van der Waals surface area contributed by atoms with Crippen molar-refractivity contribution in [3.63, 3.8) is 0 Å². The van der Waals surface area contributed by atoms with E-state index in [0.29, 0.717) is 22.9 Å². The van der Waals surface area contributed by atoms with E-state index in [0.717, 1.165) is 5.56 Å². The molecule has 0 spiro atoms. The number of nitrogens with zero attached hydrogens (tertiary/aromatic N) is 2. The van der Waals surface area contributed by atoms with Gasteiger partial charge in [-0.1, -0.05) is 23.7 Å². The summed E-state index contributed by atoms with van der Waals surface area (Å²) in [7, 11) is 1.85. The number of para-hydroxylation sites is 1. The number of aliphatic hydroxyl groups excluding tert-OH is 1. The molecule has 0 aliphatic rings. The summed E-state index contributed by atoms with van der Waals surface area (Å²) in [5, 5.41) is 13.7. The summed E-state index contributed by atoms with van der Waals surface area (Å²) in [6.07, 6.45) is 3.60. The Morgan fingerprint density at radius 1 is 1.47 bits per heavy atom. The van der Waals surface area contributed by atoms with Crippen LogP contribution in [0.3, 0.4) is 0 Å². The fourth-order valence-electron chi connectivity index (χ4n) is 1.54. The van der Waals surface area contributed by atoms with Crippen molar-refractivity contribution in [3.8, 4) is 5.75 Å². The van der Waals surface area contributed by atoms with Crippen molar-refractivity contribution in [2.75, 3.05) is 0 Å². The molecule has 0 atom stereocenters. The quantitative estimate of drug-likeness (QED) is 0.907. The van der Waals surface area contributed by atoms with Crippen molar-refractivity contribution in [1.29, 1.82) is 0 Å². The Kier molecular flexibility index (Phi) is 3.66. The minimum absolute atomic E-state index is 0.0943. The van der Waals surface area contributed by atoms with Gasteiger partial charge in [0, 0.05) is 24.4 Å². The SMILES string of the molecule is Cn1cc(COc2c(Cl)cccc2CO)cn1. The summed E-state index contributed by atoms with van der Waals surface area (Å²) in [5.74, 6) is 0.528. The lowest BCUT2D eigenvalue weighted by Gasteiger charge is -2.10. The van der Waals surface area contributed by atoms with Crippen LogP contribution < -0.4 is 4.74 Å². The molecule has 4 nitrogen and oxygen atoms in total. The number of aryl methyl sites for hydroxylation is 1. The molecule has 0 saturated carbocycles. The van der Waals surface area contributed by atoms with E-state index in [1.165, 1.54) is 0 Å². The van der Waals surface area contributed by atoms with Crippen LogP contribution in [0.1, 0.15) is 11.1 Å². The lowest BCUT2D eigenvalue weighted by molar-refractivity contribution is 0.259. The zero-order valence-corrected chi connectivity index (χ0v) is 10.2. The molecule has 1 aromatic heterocycles. The van der Waals surface area contributed by atoms with E-state index in [4.69, 9.17) is 16.3 Å². The predicted molar refractivity (Wildman–Crippen MR) is 64.9 cm³/mol. The molecule has 1 N–H and O–H groups in total. The summed E-state index contributed by atoms with van der Waals surface area (Å²) in [4.78, 5) is 0. The van der Waals surface area contributed by atoms with Crippen molar-refractivity contribution in [3.05, 3.63) is 46.7 Å². The third-order valence-corrected chi connectivity index (χ3v) is 2.66. The molecule has 5 heteroatoms. The minimum Gasteiger partial charge on any atom is -0.487 e. The Balaban J connectivity index is 2.13. The first-order valence-electron chi connectivity index (χ1n) is 5.19. The van der Waals surface area contributed by atoms with Gasteiger partial charge in [0.1, 0.15) is 12.4 Å². The maximum Gasteiger partial charge on any atom is 0.143 e. The highest BCUT2D eigenvalue weighted by molar-refractivity contribution is 6.32. The fraction of sp³-hybridized carbons (Fsp3) is 0.250. The predicted octanol–water partition coefficient (Wildman–Crippen LogP) is 2.14. The second-order valence-electron chi connectivity index (χ2n) is 3.70. The maximum absolute atomic E-state index is 9.19. The summed E-state index contributed by atoms with van der Waals surface area (Å²) in [6.45, 7) is 0.285. The molecule has 0 aliphatic heterocycles. The molecule has 0 fully saturated rings. The first kappa shape index (κ1) is 12.0. The molecular weight excluding hydrogens is 240 g/mol. The van der Waals surface area contributed by atoms with E-state index < -0.39 is 0 Å². The van der Waals surface area contributed by atoms with Gasteiger partial charge in [-0.25, -0.2) is 0 Å². The Labute approximate surface area is 104 Å². The van der Waals surface area contributed by atoms with Crippen LogP contribution in [0.25, 0.3) is 0 Å². The van der Waals surface area contributed by atoms with Crippen LogP contribution >= 0.6 is 11.6 Å². The molecule has 0 bridgehead atoms. The normalized spacial score (nSPS) is 10.5. The van der Waals surface area contributed by atoms with Crippen molar-refractivity contribution < 1.29 is 9.84 Å². The average molecular weight is 253 g/mol. The van der Waals surface area contributed by atoms with Crippen molar-refractivity contribution in [2.45, 2.75) is 13.2 Å². The number of rotatable bonds is 4. The van der Waals surface area contributed by atoms with Gasteiger partial charge in [0.25, 0.3) is 0 Å². The third-order valence-electron chi connectivity index (χ3n) is 2.36. The van der Waals surface area contributed by atoms with E-state index in [1.807, 2.05) is 13.2 Å². The number of aliphatic hydroxyl groups is 1. The Morgan fingerprint density at radius 3 is 2.94 bits per heavy atom. The molecule has 17 heavy (non-hydrogen) atoms. The second-order valence-corrected chi connectivity index (χ2v) is 4.10. The molecule has 0 amide bonds. The van der Waals surface area contributed by atoms with Gasteiger partial charge in [0.05, 0.1) is 17.8 Å². The molecule has 90 valence electrons. The molecule has 0 aliphatic carbocycles. The number of aromatic nitrogens is 2. The second kappa shape index (κ2) is 5.21. The molecule has 0 radical (unpaired) electrons. The van der Waals surface area contributed by atoms with E-state index in [1.54, 1.807) is 29.1 Å². The smallest absolute Gasteiger partial charge is 0.143 e. The van der Waals surface area contributed by atoms with Gasteiger partial charge in [-0.05, 0) is 6.07 Å². The highest BCUT2D eigenvalue weighted by Crippen LogP contribution is 2.29. The van der Waals surface area contributed by atoms with Gasteiger partial charge in [-0.15, -0.1) is 0 Å². The zero-order chi connectivity index (χ0) is 12.3. The van der Waals surface area contributed by atoms with Gasteiger partial charge in [0.15, 0.2) is 0 Å². The topological polar surface area (TPSA) is 47.3 Å². The molecule has 1 heterocycles. The Bertz CT molecular complexity index is 511. The van der Waals surface area contributed by atoms with Crippen LogP contribution in [0.4, 0.5) is 0 Å². The van der Waals surface area contributed by atoms with E-state index >= 15 is 0 Å². The van der Waals surface area contributed by atoms with Gasteiger partial charge in [0.2, 0.25) is 0 Å². The number of hydrogen-bond donors (Lipinski definition) is 1. The monoisotopic (exact) mass is 252 g/mol. The lowest BCUT2D eigenvalue weighted by Crippen LogP contribution is -1.98. The van der Waals surface area contributed by atoms with Gasteiger partial charge >= 0.3 is 0 Å². The lowest BCUT2D eigenvalue weighted by atomic mass is 10.2. The van der Waals surface area contributed by atoms with Crippen LogP contribution in [-0.2, 0) is 20.3 Å². The van der Waals surface area contributed by atoms with Gasteiger partial charge in [-0.3, -0.25) is 4.68 Å².